The smallest absolute Gasteiger partial charge is 0.339 e. The number of ether oxygens (including phenoxy) is 2. The number of hydrogen-bond donors (Lipinski definition) is 1. The second kappa shape index (κ2) is 6.28. The molecule has 0 saturated carbocycles. The van der Waals surface area contributed by atoms with Crippen molar-refractivity contribution in [3.05, 3.63) is 16.5 Å². The molecule has 0 radical (unpaired) electrons. The van der Waals surface area contributed by atoms with Gasteiger partial charge in [-0.05, 0) is 12.5 Å². The number of carbonyl (C=O) groups excluding carboxylic acids is 1. The van der Waals surface area contributed by atoms with Crippen molar-refractivity contribution < 1.29 is 22.7 Å². The molecule has 0 spiro atoms. The monoisotopic (exact) mass is 293 g/mol. The van der Waals surface area contributed by atoms with Gasteiger partial charge in [0.2, 0.25) is 10.0 Å². The topological polar surface area (TPSA) is 95.7 Å². The molecule has 0 saturated heterocycles. The maximum atomic E-state index is 11.7. The van der Waals surface area contributed by atoms with E-state index in [-0.39, 0.29) is 16.4 Å². The van der Waals surface area contributed by atoms with E-state index in [2.05, 4.69) is 0 Å². The highest BCUT2D eigenvalue weighted by Gasteiger charge is 2.21. The Balaban J connectivity index is 2.73. The van der Waals surface area contributed by atoms with Crippen molar-refractivity contribution in [3.8, 4) is 0 Å². The Morgan fingerprint density at radius 3 is 2.61 bits per heavy atom. The first-order valence-electron chi connectivity index (χ1n) is 5.15. The normalized spacial score (nSPS) is 11.5. The average molecular weight is 293 g/mol. The van der Waals surface area contributed by atoms with Gasteiger partial charge in [-0.25, -0.2) is 18.4 Å². The average Bonchev–Trinajstić information content (AvgIpc) is 2.66. The predicted molar refractivity (Wildman–Crippen MR) is 67.2 cm³/mol. The van der Waals surface area contributed by atoms with E-state index in [9.17, 15) is 13.2 Å². The Morgan fingerprint density at radius 1 is 1.44 bits per heavy atom. The molecule has 0 fully saturated rings. The third-order valence-corrected chi connectivity index (χ3v) is 4.88. The molecule has 2 N–H and O–H groups in total. The van der Waals surface area contributed by atoms with Crippen LogP contribution >= 0.6 is 11.3 Å². The summed E-state index contributed by atoms with van der Waals surface area (Å²) in [6, 6.07) is 0. The van der Waals surface area contributed by atoms with Crippen LogP contribution in [0, 0.1) is 6.92 Å². The number of carbonyl (C=O) groups is 1. The number of rotatable bonds is 6. The molecule has 0 unspecified atom stereocenters. The van der Waals surface area contributed by atoms with Gasteiger partial charge >= 0.3 is 5.97 Å². The van der Waals surface area contributed by atoms with Crippen LogP contribution in [0.4, 0.5) is 0 Å². The molecule has 0 aliphatic heterocycles. The summed E-state index contributed by atoms with van der Waals surface area (Å²) >= 11 is 0.917. The van der Waals surface area contributed by atoms with Crippen LogP contribution in [-0.2, 0) is 19.5 Å². The Bertz CT molecular complexity index is 520. The maximum absolute atomic E-state index is 11.7. The lowest BCUT2D eigenvalue weighted by Crippen LogP contribution is -2.13. The van der Waals surface area contributed by atoms with E-state index < -0.39 is 16.0 Å². The minimum Gasteiger partial charge on any atom is -0.462 e. The number of esters is 1. The van der Waals surface area contributed by atoms with Crippen molar-refractivity contribution in [3.63, 3.8) is 0 Å². The first-order chi connectivity index (χ1) is 8.38. The quantitative estimate of drug-likeness (QED) is 0.621. The number of hydrogen-bond acceptors (Lipinski definition) is 6. The molecule has 0 atom stereocenters. The zero-order valence-corrected chi connectivity index (χ0v) is 11.8. The van der Waals surface area contributed by atoms with Gasteiger partial charge in [0.15, 0.2) is 0 Å². The van der Waals surface area contributed by atoms with Crippen LogP contribution in [0.25, 0.3) is 0 Å². The summed E-state index contributed by atoms with van der Waals surface area (Å²) in [6.07, 6.45) is 0.591. The van der Waals surface area contributed by atoms with Gasteiger partial charge in [0, 0.05) is 25.5 Å². The summed E-state index contributed by atoms with van der Waals surface area (Å²) in [6.45, 7) is 2.26. The van der Waals surface area contributed by atoms with Crippen LogP contribution in [0.3, 0.4) is 0 Å². The predicted octanol–water partition coefficient (Wildman–Crippen LogP) is 0.897. The van der Waals surface area contributed by atoms with Crippen LogP contribution in [0.2, 0.25) is 0 Å². The number of thiophene rings is 1. The third-order valence-electron chi connectivity index (χ3n) is 2.20. The van der Waals surface area contributed by atoms with Crippen LogP contribution in [0.5, 0.6) is 0 Å². The third kappa shape index (κ3) is 3.77. The molecule has 18 heavy (non-hydrogen) atoms. The SMILES string of the molecule is COCCCOC(=O)c1csc(S(N)(=O)=O)c1C. The van der Waals surface area contributed by atoms with Crippen LogP contribution in [0.1, 0.15) is 22.3 Å². The molecule has 0 aliphatic rings. The molecule has 8 heteroatoms. The highest BCUT2D eigenvalue weighted by Crippen LogP contribution is 2.25. The largest absolute Gasteiger partial charge is 0.462 e. The summed E-state index contributed by atoms with van der Waals surface area (Å²) in [7, 11) is -2.23. The van der Waals surface area contributed by atoms with Gasteiger partial charge in [0.05, 0.1) is 12.2 Å². The standard InChI is InChI=1S/C10H15NO5S2/c1-7-8(6-17-10(7)18(11,13)14)9(12)16-5-3-4-15-2/h6H,3-5H2,1-2H3,(H2,11,13,14). The Kier molecular flexibility index (Phi) is 5.27. The minimum atomic E-state index is -3.78. The number of methoxy groups -OCH3 is 1. The van der Waals surface area contributed by atoms with Gasteiger partial charge < -0.3 is 9.47 Å². The second-order valence-electron chi connectivity index (χ2n) is 3.59. The molecule has 1 aromatic heterocycles. The molecule has 102 valence electrons. The lowest BCUT2D eigenvalue weighted by atomic mass is 10.2. The number of sulfonamides is 1. The van der Waals surface area contributed by atoms with Crippen LogP contribution < -0.4 is 5.14 Å². The first-order valence-corrected chi connectivity index (χ1v) is 7.57. The molecule has 1 heterocycles. The fourth-order valence-corrected chi connectivity index (χ4v) is 3.33. The van der Waals surface area contributed by atoms with Crippen molar-refractivity contribution >= 4 is 27.3 Å². The van der Waals surface area contributed by atoms with Crippen molar-refractivity contribution in [2.75, 3.05) is 20.3 Å². The fourth-order valence-electron chi connectivity index (χ4n) is 1.33. The van der Waals surface area contributed by atoms with Gasteiger partial charge in [0.1, 0.15) is 4.21 Å². The van der Waals surface area contributed by atoms with E-state index in [0.717, 1.165) is 11.3 Å². The minimum absolute atomic E-state index is 0.00802. The second-order valence-corrected chi connectivity index (χ2v) is 6.23. The fraction of sp³-hybridized carbons (Fsp3) is 0.500. The van der Waals surface area contributed by atoms with E-state index in [1.165, 1.54) is 12.3 Å². The summed E-state index contributed by atoms with van der Waals surface area (Å²) in [5.41, 5.74) is 0.570. The van der Waals surface area contributed by atoms with Gasteiger partial charge in [-0.1, -0.05) is 0 Å². The van der Waals surface area contributed by atoms with Crippen molar-refractivity contribution in [1.29, 1.82) is 0 Å². The molecular weight excluding hydrogens is 278 g/mol. The van der Waals surface area contributed by atoms with E-state index in [1.54, 1.807) is 7.11 Å². The zero-order valence-electron chi connectivity index (χ0n) is 10.1. The van der Waals surface area contributed by atoms with E-state index in [0.29, 0.717) is 18.6 Å². The highest BCUT2D eigenvalue weighted by atomic mass is 32.2. The van der Waals surface area contributed by atoms with E-state index in [4.69, 9.17) is 14.6 Å². The molecule has 0 amide bonds. The van der Waals surface area contributed by atoms with E-state index >= 15 is 0 Å². The maximum Gasteiger partial charge on any atom is 0.339 e. The van der Waals surface area contributed by atoms with Crippen LogP contribution in [0.15, 0.2) is 9.59 Å². The van der Waals surface area contributed by atoms with Crippen molar-refractivity contribution in [2.45, 2.75) is 17.6 Å². The summed E-state index contributed by atoms with van der Waals surface area (Å²) in [4.78, 5) is 11.7. The Morgan fingerprint density at radius 2 is 2.11 bits per heavy atom. The van der Waals surface area contributed by atoms with Crippen molar-refractivity contribution in [1.82, 2.24) is 0 Å². The summed E-state index contributed by atoms with van der Waals surface area (Å²) in [5.74, 6) is -0.547. The molecule has 6 nitrogen and oxygen atoms in total. The van der Waals surface area contributed by atoms with Gasteiger partial charge in [-0.2, -0.15) is 0 Å². The number of primary sulfonamides is 1. The Hall–Kier alpha value is -0.960. The summed E-state index contributed by atoms with van der Waals surface area (Å²) < 4.78 is 32.2. The molecule has 1 rings (SSSR count). The Labute approximate surface area is 110 Å². The summed E-state index contributed by atoms with van der Waals surface area (Å²) in [5, 5.41) is 6.46. The number of nitrogens with two attached hydrogens (primary N) is 1. The highest BCUT2D eigenvalue weighted by molar-refractivity contribution is 7.91. The molecular formula is C10H15NO5S2. The van der Waals surface area contributed by atoms with Gasteiger partial charge in [0.25, 0.3) is 0 Å². The lowest BCUT2D eigenvalue weighted by Gasteiger charge is -2.04. The molecule has 1 aromatic rings. The van der Waals surface area contributed by atoms with Crippen LogP contribution in [-0.4, -0.2) is 34.7 Å². The molecule has 0 bridgehead atoms. The van der Waals surface area contributed by atoms with Gasteiger partial charge in [-0.15, -0.1) is 11.3 Å². The molecule has 0 aromatic carbocycles. The molecule has 0 aliphatic carbocycles. The zero-order chi connectivity index (χ0) is 13.8. The van der Waals surface area contributed by atoms with E-state index in [1.807, 2.05) is 0 Å². The van der Waals surface area contributed by atoms with Crippen molar-refractivity contribution in [2.24, 2.45) is 5.14 Å². The lowest BCUT2D eigenvalue weighted by molar-refractivity contribution is 0.0468. The first kappa shape index (κ1) is 15.1. The van der Waals surface area contributed by atoms with Gasteiger partial charge in [-0.3, -0.25) is 0 Å².